The molecule has 0 amide bonds. The van der Waals surface area contributed by atoms with E-state index >= 15 is 0 Å². The summed E-state index contributed by atoms with van der Waals surface area (Å²) in [4.78, 5) is 0. The highest BCUT2D eigenvalue weighted by molar-refractivity contribution is 7.80. The minimum atomic E-state index is -0.0869. The second kappa shape index (κ2) is 19.4. The Balaban J connectivity index is 0.000000290. The summed E-state index contributed by atoms with van der Waals surface area (Å²) >= 11 is 11.1. The molecule has 0 bridgehead atoms. The molecule has 4 N–H and O–H groups in total. The first-order chi connectivity index (χ1) is 25.1. The van der Waals surface area contributed by atoms with Crippen LogP contribution in [0.25, 0.3) is 0 Å². The molecule has 54 heavy (non-hydrogen) atoms. The molecule has 0 aliphatic heterocycles. The Bertz CT molecular complexity index is 1630. The number of ether oxygens (including phenoxy) is 2. The monoisotopic (exact) mass is 768 g/mol. The summed E-state index contributed by atoms with van der Waals surface area (Å²) < 4.78 is 12.2. The Morgan fingerprint density at radius 3 is 0.926 bits per heavy atom. The Kier molecular flexibility index (Phi) is 15.9. The quantitative estimate of drug-likeness (QED) is 0.119. The van der Waals surface area contributed by atoms with Gasteiger partial charge >= 0.3 is 0 Å². The van der Waals surface area contributed by atoms with Crippen molar-refractivity contribution in [2.45, 2.75) is 132 Å². The summed E-state index contributed by atoms with van der Waals surface area (Å²) in [5.74, 6) is 4.73. The molecule has 4 aromatic rings. The Hall–Kier alpha value is -4.14. The highest BCUT2D eigenvalue weighted by Gasteiger charge is 2.21. The van der Waals surface area contributed by atoms with Crippen LogP contribution in [0.2, 0.25) is 0 Å². The van der Waals surface area contributed by atoms with Gasteiger partial charge in [0.05, 0.1) is 0 Å². The topological polar surface area (TPSA) is 66.6 Å². The van der Waals surface area contributed by atoms with Crippen molar-refractivity contribution in [2.75, 3.05) is 10.6 Å². The van der Waals surface area contributed by atoms with Gasteiger partial charge in [-0.1, -0.05) is 91.8 Å². The number of benzene rings is 4. The number of para-hydroxylation sites is 2. The number of thiocarbonyl (C=S) groups is 2. The van der Waals surface area contributed by atoms with Crippen LogP contribution >= 0.6 is 24.4 Å². The average Bonchev–Trinajstić information content (AvgIpc) is 3.05. The molecule has 0 aliphatic rings. The van der Waals surface area contributed by atoms with Gasteiger partial charge in [0, 0.05) is 22.5 Å². The molecule has 0 atom stereocenters. The van der Waals surface area contributed by atoms with Crippen LogP contribution in [0.15, 0.2) is 84.9 Å². The van der Waals surface area contributed by atoms with Crippen LogP contribution in [0, 0.1) is 0 Å². The van der Waals surface area contributed by atoms with Crippen LogP contribution < -0.4 is 30.7 Å². The number of hydrogen-bond donors (Lipinski definition) is 4. The van der Waals surface area contributed by atoms with Crippen molar-refractivity contribution in [3.8, 4) is 23.0 Å². The predicted molar refractivity (Wildman–Crippen MR) is 240 cm³/mol. The summed E-state index contributed by atoms with van der Waals surface area (Å²) in [5.41, 5.74) is 6.79. The second-order valence-electron chi connectivity index (χ2n) is 17.1. The zero-order valence-electron chi connectivity index (χ0n) is 35.0. The maximum absolute atomic E-state index is 6.12. The fourth-order valence-electron chi connectivity index (χ4n) is 5.77. The summed E-state index contributed by atoms with van der Waals surface area (Å²) in [6.07, 6.45) is 0. The molecule has 0 fully saturated rings. The van der Waals surface area contributed by atoms with Crippen molar-refractivity contribution < 1.29 is 9.47 Å². The molecule has 4 rings (SSSR count). The molecule has 0 spiro atoms. The first-order valence-electron chi connectivity index (χ1n) is 19.1. The van der Waals surface area contributed by atoms with Crippen molar-refractivity contribution in [2.24, 2.45) is 0 Å². The van der Waals surface area contributed by atoms with Gasteiger partial charge in [0.25, 0.3) is 0 Å². The third-order valence-electron chi connectivity index (χ3n) is 8.25. The van der Waals surface area contributed by atoms with E-state index in [1.54, 1.807) is 0 Å². The number of nitrogens with one attached hydrogen (secondary N) is 4. The first-order valence-corrected chi connectivity index (χ1v) is 19.9. The summed E-state index contributed by atoms with van der Waals surface area (Å²) in [5, 5.41) is 14.9. The molecule has 0 aliphatic carbocycles. The summed E-state index contributed by atoms with van der Waals surface area (Å²) in [7, 11) is 0. The van der Waals surface area contributed by atoms with Crippen molar-refractivity contribution in [3.05, 3.63) is 107 Å². The fourth-order valence-corrected chi connectivity index (χ4v) is 6.58. The second-order valence-corrected chi connectivity index (χ2v) is 17.9. The van der Waals surface area contributed by atoms with Gasteiger partial charge in [-0.05, 0) is 160 Å². The largest absolute Gasteiger partial charge is 0.457 e. The highest BCUT2D eigenvalue weighted by Crippen LogP contribution is 2.39. The Morgan fingerprint density at radius 2 is 0.704 bits per heavy atom. The molecule has 0 unspecified atom stereocenters. The number of anilines is 2. The van der Waals surface area contributed by atoms with Crippen LogP contribution in [0.3, 0.4) is 0 Å². The van der Waals surface area contributed by atoms with E-state index in [0.29, 0.717) is 33.9 Å². The van der Waals surface area contributed by atoms with Crippen molar-refractivity contribution in [3.63, 3.8) is 0 Å². The van der Waals surface area contributed by atoms with Crippen LogP contribution in [0.4, 0.5) is 11.4 Å². The molecular formula is C46H64N4O2S2. The van der Waals surface area contributed by atoms with Crippen LogP contribution in [-0.2, 0) is 0 Å². The van der Waals surface area contributed by atoms with E-state index in [1.165, 1.54) is 22.3 Å². The average molecular weight is 769 g/mol. The summed E-state index contributed by atoms with van der Waals surface area (Å²) in [6.45, 7) is 30.1. The van der Waals surface area contributed by atoms with Crippen LogP contribution in [0.1, 0.15) is 143 Å². The third-order valence-corrected chi connectivity index (χ3v) is 8.65. The maximum atomic E-state index is 6.12. The molecule has 4 aromatic carbocycles. The van der Waals surface area contributed by atoms with Gasteiger partial charge < -0.3 is 30.7 Å². The highest BCUT2D eigenvalue weighted by atomic mass is 32.1. The van der Waals surface area contributed by atoms with E-state index in [9.17, 15) is 0 Å². The Morgan fingerprint density at radius 1 is 0.444 bits per heavy atom. The molecular weight excluding hydrogens is 705 g/mol. The fraction of sp³-hybridized carbons (Fsp3) is 0.435. The van der Waals surface area contributed by atoms with Gasteiger partial charge in [-0.2, -0.15) is 0 Å². The van der Waals surface area contributed by atoms with E-state index in [0.717, 1.165) is 34.4 Å². The van der Waals surface area contributed by atoms with Gasteiger partial charge in [-0.25, -0.2) is 0 Å². The van der Waals surface area contributed by atoms with E-state index < -0.39 is 0 Å². The molecule has 292 valence electrons. The van der Waals surface area contributed by atoms with E-state index in [-0.39, 0.29) is 11.1 Å². The maximum Gasteiger partial charge on any atom is 0.171 e. The lowest BCUT2D eigenvalue weighted by Crippen LogP contribution is -2.43. The SMILES string of the molecule is CC(C)c1cc(Oc2ccccc2)cc(C(C)C)c1NC(=S)NC(C)(C)C.CC(C)c1cc(Oc2ccccc2)cc(C(C)C)c1NC(=S)NC(C)(C)C. The molecule has 0 saturated carbocycles. The molecule has 0 heterocycles. The van der Waals surface area contributed by atoms with E-state index in [4.69, 9.17) is 33.9 Å². The standard InChI is InChI=1S/2C23H32N2OS/c2*1-15(2)19-13-18(26-17-11-9-8-10-12-17)14-20(16(3)4)21(19)24-22(27)25-23(5,6)7/h2*8-16H,1-7H3,(H2,24,25,27). The van der Waals surface area contributed by atoms with E-state index in [1.807, 2.05) is 60.7 Å². The van der Waals surface area contributed by atoms with Gasteiger partial charge in [0.1, 0.15) is 23.0 Å². The minimum absolute atomic E-state index is 0.0869. The normalized spacial score (nSPS) is 11.6. The van der Waals surface area contributed by atoms with Crippen LogP contribution in [-0.4, -0.2) is 21.3 Å². The lowest BCUT2D eigenvalue weighted by atomic mass is 9.92. The summed E-state index contributed by atoms with van der Waals surface area (Å²) in [6, 6.07) is 28.2. The zero-order valence-corrected chi connectivity index (χ0v) is 36.7. The van der Waals surface area contributed by atoms with E-state index in [2.05, 4.69) is 142 Å². The molecule has 0 radical (unpaired) electrons. The predicted octanol–water partition coefficient (Wildman–Crippen LogP) is 13.6. The van der Waals surface area contributed by atoms with Crippen LogP contribution in [0.5, 0.6) is 23.0 Å². The van der Waals surface area contributed by atoms with Crippen molar-refractivity contribution in [1.82, 2.24) is 10.6 Å². The molecule has 0 aromatic heterocycles. The van der Waals surface area contributed by atoms with Gasteiger partial charge in [0.15, 0.2) is 10.2 Å². The van der Waals surface area contributed by atoms with Crippen molar-refractivity contribution in [1.29, 1.82) is 0 Å². The lowest BCUT2D eigenvalue weighted by molar-refractivity contribution is 0.480. The molecule has 0 saturated heterocycles. The first kappa shape index (κ1) is 44.3. The molecule has 6 nitrogen and oxygen atoms in total. The smallest absolute Gasteiger partial charge is 0.171 e. The van der Waals surface area contributed by atoms with Gasteiger partial charge in [-0.3, -0.25) is 0 Å². The number of hydrogen-bond acceptors (Lipinski definition) is 4. The lowest BCUT2D eigenvalue weighted by Gasteiger charge is -2.27. The van der Waals surface area contributed by atoms with Crippen molar-refractivity contribution >= 4 is 46.0 Å². The Labute approximate surface area is 337 Å². The molecule has 8 heteroatoms. The van der Waals surface area contributed by atoms with Gasteiger partial charge in [0.2, 0.25) is 0 Å². The van der Waals surface area contributed by atoms with Gasteiger partial charge in [-0.15, -0.1) is 0 Å². The number of rotatable bonds is 10. The minimum Gasteiger partial charge on any atom is -0.457 e. The zero-order chi connectivity index (χ0) is 40.4. The third kappa shape index (κ3) is 14.3.